The van der Waals surface area contributed by atoms with Gasteiger partial charge in [0.25, 0.3) is 0 Å². The Bertz CT molecular complexity index is 2000. The number of carbonyl (C=O) groups is 6. The summed E-state index contributed by atoms with van der Waals surface area (Å²) in [6, 6.07) is 7.95. The lowest BCUT2D eigenvalue weighted by Gasteiger charge is -2.28. The van der Waals surface area contributed by atoms with Crippen molar-refractivity contribution in [3.63, 3.8) is 0 Å². The van der Waals surface area contributed by atoms with E-state index in [0.717, 1.165) is 10.9 Å². The molecule has 2 aromatic heterocycles. The molecule has 5 amide bonds. The topological polar surface area (TPSA) is 291 Å². The number of likely N-dealkylation sites (tertiary alicyclic amines) is 1. The van der Waals surface area contributed by atoms with Gasteiger partial charge in [-0.05, 0) is 61.6 Å². The Morgan fingerprint density at radius 3 is 2.37 bits per heavy atom. The summed E-state index contributed by atoms with van der Waals surface area (Å²) < 4.78 is 0. The molecule has 0 unspecified atom stereocenters. The molecule has 2 aromatic carbocycles. The number of aromatic amines is 2. The zero-order valence-electron chi connectivity index (χ0n) is 31.4. The van der Waals surface area contributed by atoms with Crippen molar-refractivity contribution < 1.29 is 39.0 Å². The number of phenols is 1. The number of benzene rings is 2. The lowest BCUT2D eigenvalue weighted by molar-refractivity contribution is -0.142. The van der Waals surface area contributed by atoms with Crippen molar-refractivity contribution in [3.8, 4) is 5.75 Å². The fourth-order valence-electron chi connectivity index (χ4n) is 6.85. The Kier molecular flexibility index (Phi) is 14.7. The van der Waals surface area contributed by atoms with Crippen LogP contribution in [0.1, 0.15) is 48.9 Å². The van der Waals surface area contributed by atoms with Crippen LogP contribution in [-0.4, -0.2) is 115 Å². The average molecular weight is 787 g/mol. The van der Waals surface area contributed by atoms with Crippen LogP contribution in [0.4, 0.5) is 0 Å². The van der Waals surface area contributed by atoms with Gasteiger partial charge >= 0.3 is 5.97 Å². The molecule has 5 atom stereocenters. The first-order chi connectivity index (χ1) is 27.4. The monoisotopic (exact) mass is 786 g/mol. The van der Waals surface area contributed by atoms with Crippen molar-refractivity contribution in [1.29, 1.82) is 0 Å². The Hall–Kier alpha value is -6.27. The van der Waals surface area contributed by atoms with Crippen LogP contribution in [0.25, 0.3) is 10.9 Å². The second kappa shape index (κ2) is 20.1. The van der Waals surface area contributed by atoms with Gasteiger partial charge in [-0.15, -0.1) is 0 Å². The van der Waals surface area contributed by atoms with Gasteiger partial charge < -0.3 is 57.8 Å². The lowest BCUT2D eigenvalue weighted by Crippen LogP contribution is -2.57. The third-order valence-corrected chi connectivity index (χ3v) is 9.90. The predicted octanol–water partition coefficient (Wildman–Crippen LogP) is -0.273. The number of rotatable bonds is 20. The number of unbranched alkanes of at least 4 members (excludes halogenated alkanes) is 1. The molecule has 57 heavy (non-hydrogen) atoms. The maximum Gasteiger partial charge on any atom is 0.326 e. The Labute approximate surface area is 328 Å². The molecule has 0 bridgehead atoms. The minimum atomic E-state index is -1.35. The number of phenolic OH excluding ortho intramolecular Hbond substituents is 1. The SMILES string of the molecule is NCCCC[C@H](N)C(=O)N1CCC[C@H]1C(=O)N[C@@H](Cc1ccc(O)cc1)C(=O)NCC(=O)N[C@@H](Cc1c[nH]c2ccccc12)C(=O)N[C@@H](Cc1cnc[nH]1)C(=O)O. The highest BCUT2D eigenvalue weighted by Gasteiger charge is 2.37. The number of nitrogens with one attached hydrogen (secondary N) is 6. The number of nitrogens with zero attached hydrogens (tertiary/aromatic N) is 2. The summed E-state index contributed by atoms with van der Waals surface area (Å²) in [7, 11) is 0. The molecular formula is C39H50N10O8. The minimum absolute atomic E-state index is 0.00517. The molecule has 12 N–H and O–H groups in total. The van der Waals surface area contributed by atoms with Crippen LogP contribution >= 0.6 is 0 Å². The minimum Gasteiger partial charge on any atom is -0.508 e. The number of hydrogen-bond donors (Lipinski definition) is 10. The van der Waals surface area contributed by atoms with Crippen molar-refractivity contribution >= 4 is 46.4 Å². The largest absolute Gasteiger partial charge is 0.508 e. The van der Waals surface area contributed by atoms with Crippen molar-refractivity contribution in [2.75, 3.05) is 19.6 Å². The van der Waals surface area contributed by atoms with E-state index in [0.29, 0.717) is 62.0 Å². The van der Waals surface area contributed by atoms with Crippen LogP contribution in [0.2, 0.25) is 0 Å². The molecule has 5 rings (SSSR count). The van der Waals surface area contributed by atoms with E-state index in [1.54, 1.807) is 18.3 Å². The smallest absolute Gasteiger partial charge is 0.326 e. The summed E-state index contributed by atoms with van der Waals surface area (Å²) in [6.45, 7) is 0.212. The second-order valence-electron chi connectivity index (χ2n) is 14.1. The molecule has 0 saturated carbocycles. The number of amides is 5. The van der Waals surface area contributed by atoms with Crippen molar-refractivity contribution in [3.05, 3.63) is 84.1 Å². The Morgan fingerprint density at radius 2 is 1.65 bits per heavy atom. The van der Waals surface area contributed by atoms with Crippen molar-refractivity contribution in [2.24, 2.45) is 11.5 Å². The van der Waals surface area contributed by atoms with Crippen LogP contribution in [0, 0.1) is 0 Å². The molecule has 18 nitrogen and oxygen atoms in total. The Balaban J connectivity index is 1.28. The summed E-state index contributed by atoms with van der Waals surface area (Å²) in [5, 5.41) is 30.9. The van der Waals surface area contributed by atoms with Crippen LogP contribution in [0.15, 0.2) is 67.3 Å². The third-order valence-electron chi connectivity index (χ3n) is 9.90. The number of hydrogen-bond acceptors (Lipinski definition) is 10. The van der Waals surface area contributed by atoms with Gasteiger partial charge in [0, 0.05) is 54.8 Å². The number of carbonyl (C=O) groups excluding carboxylic acids is 5. The average Bonchev–Trinajstić information content (AvgIpc) is 3.99. The van der Waals surface area contributed by atoms with Gasteiger partial charge in [-0.2, -0.15) is 0 Å². The zero-order chi connectivity index (χ0) is 40.9. The van der Waals surface area contributed by atoms with Crippen LogP contribution in [0.5, 0.6) is 5.75 Å². The van der Waals surface area contributed by atoms with Crippen LogP contribution in [0.3, 0.4) is 0 Å². The van der Waals surface area contributed by atoms with E-state index >= 15 is 0 Å². The second-order valence-corrected chi connectivity index (χ2v) is 14.1. The van der Waals surface area contributed by atoms with Gasteiger partial charge in [0.15, 0.2) is 0 Å². The van der Waals surface area contributed by atoms with E-state index in [1.165, 1.54) is 29.6 Å². The molecule has 304 valence electrons. The fraction of sp³-hybridized carbons (Fsp3) is 0.410. The van der Waals surface area contributed by atoms with E-state index in [1.807, 2.05) is 24.3 Å². The summed E-state index contributed by atoms with van der Waals surface area (Å²) in [5.74, 6) is -4.44. The number of fused-ring (bicyclic) bond motifs is 1. The lowest BCUT2D eigenvalue weighted by atomic mass is 10.0. The van der Waals surface area contributed by atoms with Gasteiger partial charge in [-0.3, -0.25) is 24.0 Å². The number of carboxylic acids is 1. The molecular weight excluding hydrogens is 736 g/mol. The fourth-order valence-corrected chi connectivity index (χ4v) is 6.85. The maximum absolute atomic E-state index is 13.7. The first-order valence-corrected chi connectivity index (χ1v) is 18.9. The summed E-state index contributed by atoms with van der Waals surface area (Å²) in [6.07, 6.45) is 7.14. The Morgan fingerprint density at radius 1 is 0.895 bits per heavy atom. The number of aromatic nitrogens is 3. The molecule has 0 radical (unpaired) electrons. The zero-order valence-corrected chi connectivity index (χ0v) is 31.4. The van der Waals surface area contributed by atoms with E-state index < -0.39 is 66.4 Å². The van der Waals surface area contributed by atoms with E-state index in [4.69, 9.17) is 11.5 Å². The van der Waals surface area contributed by atoms with Gasteiger partial charge in [-0.25, -0.2) is 9.78 Å². The predicted molar refractivity (Wildman–Crippen MR) is 208 cm³/mol. The highest BCUT2D eigenvalue weighted by molar-refractivity contribution is 5.96. The molecule has 1 saturated heterocycles. The summed E-state index contributed by atoms with van der Waals surface area (Å²) in [5.41, 5.74) is 14.3. The van der Waals surface area contributed by atoms with Gasteiger partial charge in [-0.1, -0.05) is 36.8 Å². The highest BCUT2D eigenvalue weighted by atomic mass is 16.4. The molecule has 0 spiro atoms. The molecule has 1 fully saturated rings. The molecule has 3 heterocycles. The van der Waals surface area contributed by atoms with Crippen molar-refractivity contribution in [1.82, 2.24) is 41.1 Å². The molecule has 0 aliphatic carbocycles. The summed E-state index contributed by atoms with van der Waals surface area (Å²) >= 11 is 0. The van der Waals surface area contributed by atoms with Crippen LogP contribution < -0.4 is 32.7 Å². The van der Waals surface area contributed by atoms with Crippen molar-refractivity contribution in [2.45, 2.75) is 81.6 Å². The first-order valence-electron chi connectivity index (χ1n) is 18.9. The normalized spacial score (nSPS) is 16.0. The molecule has 18 heteroatoms. The number of aromatic hydroxyl groups is 1. The number of imidazole rings is 1. The summed E-state index contributed by atoms with van der Waals surface area (Å²) in [4.78, 5) is 91.1. The van der Waals surface area contributed by atoms with E-state index in [9.17, 15) is 39.0 Å². The van der Waals surface area contributed by atoms with E-state index in [2.05, 4.69) is 36.2 Å². The quantitative estimate of drug-likeness (QED) is 0.0520. The number of aliphatic carboxylic acids is 1. The standard InChI is InChI=1S/C39H50N10O8/c40-14-4-3-7-28(41)38(55)49-15-5-9-33(49)37(54)47-30(16-23-10-12-26(50)13-11-23)35(52)44-21-34(51)46-31(17-24-19-43-29-8-2-1-6-27(24)29)36(53)48-32(39(56)57)18-25-20-42-22-45-25/h1-2,6,8,10-13,19-20,22,28,30-33,43,50H,3-5,7,9,14-18,21,40-41H2,(H,42,45)(H,44,52)(H,46,51)(H,47,54)(H,48,53)(H,56,57)/t28-,30-,31-,32-,33-/m0/s1. The number of nitrogens with two attached hydrogens (primary N) is 2. The maximum atomic E-state index is 13.7. The van der Waals surface area contributed by atoms with Crippen LogP contribution in [-0.2, 0) is 48.0 Å². The molecule has 4 aromatic rings. The van der Waals surface area contributed by atoms with Gasteiger partial charge in [0.2, 0.25) is 29.5 Å². The molecule has 1 aliphatic rings. The third kappa shape index (κ3) is 11.6. The number of para-hydroxylation sites is 1. The highest BCUT2D eigenvalue weighted by Crippen LogP contribution is 2.21. The number of carboxylic acid groups (broad SMARTS) is 1. The van der Waals surface area contributed by atoms with Gasteiger partial charge in [0.05, 0.1) is 18.9 Å². The van der Waals surface area contributed by atoms with Gasteiger partial charge in [0.1, 0.15) is 29.9 Å². The molecule has 1 aliphatic heterocycles. The number of H-pyrrole nitrogens is 2. The first kappa shape index (κ1) is 41.9. The van der Waals surface area contributed by atoms with E-state index in [-0.39, 0.29) is 30.9 Å².